The van der Waals surface area contributed by atoms with Crippen LogP contribution in [0.3, 0.4) is 0 Å². The van der Waals surface area contributed by atoms with Crippen LogP contribution in [0.25, 0.3) is 0 Å². The molecule has 0 saturated carbocycles. The van der Waals surface area contributed by atoms with Crippen molar-refractivity contribution in [3.05, 3.63) is 57.8 Å². The molecule has 0 bridgehead atoms. The number of benzene rings is 2. The summed E-state index contributed by atoms with van der Waals surface area (Å²) in [6, 6.07) is 9.33. The minimum absolute atomic E-state index is 0.167. The van der Waals surface area contributed by atoms with Gasteiger partial charge in [-0.2, -0.15) is 0 Å². The van der Waals surface area contributed by atoms with E-state index in [1.165, 1.54) is 12.1 Å². The fourth-order valence-electron chi connectivity index (χ4n) is 2.02. The molecule has 0 saturated heterocycles. The quantitative estimate of drug-likeness (QED) is 0.786. The maximum absolute atomic E-state index is 13.5. The molecule has 3 nitrogen and oxygen atoms in total. The molecule has 3 rings (SSSR count). The lowest BCUT2D eigenvalue weighted by atomic mass is 10.0. The molecule has 0 radical (unpaired) electrons. The van der Waals surface area contributed by atoms with Crippen molar-refractivity contribution in [2.24, 2.45) is 0 Å². The number of carbonyl (C=O) groups excluding carboxylic acids is 1. The molecule has 0 amide bonds. The van der Waals surface area contributed by atoms with Gasteiger partial charge in [-0.15, -0.1) is 0 Å². The van der Waals surface area contributed by atoms with E-state index < -0.39 is 5.82 Å². The van der Waals surface area contributed by atoms with Gasteiger partial charge < -0.3 is 9.47 Å². The van der Waals surface area contributed by atoms with Gasteiger partial charge >= 0.3 is 0 Å². The molecule has 1 aliphatic rings. The molecule has 102 valence electrons. The first kappa shape index (κ1) is 13.1. The Morgan fingerprint density at radius 3 is 2.65 bits per heavy atom. The SMILES string of the molecule is O=C(c1ccc2c(c1)OCCO2)c1cccc(F)c1Br. The average molecular weight is 337 g/mol. The summed E-state index contributed by atoms with van der Waals surface area (Å²) in [5.74, 6) is 0.419. The summed E-state index contributed by atoms with van der Waals surface area (Å²) in [6.45, 7) is 0.948. The van der Waals surface area contributed by atoms with Gasteiger partial charge in [0, 0.05) is 11.1 Å². The lowest BCUT2D eigenvalue weighted by Crippen LogP contribution is -2.16. The molecule has 0 aromatic heterocycles. The highest BCUT2D eigenvalue weighted by molar-refractivity contribution is 9.10. The summed E-state index contributed by atoms with van der Waals surface area (Å²) in [4.78, 5) is 12.4. The molecule has 1 aliphatic heterocycles. The molecule has 0 N–H and O–H groups in total. The van der Waals surface area contributed by atoms with Crippen molar-refractivity contribution in [2.75, 3.05) is 13.2 Å². The first-order valence-electron chi connectivity index (χ1n) is 6.05. The molecule has 0 unspecified atom stereocenters. The van der Waals surface area contributed by atoms with Crippen LogP contribution in [0.2, 0.25) is 0 Å². The summed E-state index contributed by atoms with van der Waals surface area (Å²) >= 11 is 3.10. The zero-order valence-electron chi connectivity index (χ0n) is 10.4. The standard InChI is InChI=1S/C15H10BrFO3/c16-14-10(2-1-3-11(14)17)15(18)9-4-5-12-13(8-9)20-7-6-19-12/h1-5,8H,6-7H2. The van der Waals surface area contributed by atoms with Crippen LogP contribution >= 0.6 is 15.9 Å². The van der Waals surface area contributed by atoms with E-state index in [4.69, 9.17) is 9.47 Å². The Hall–Kier alpha value is -1.88. The third-order valence-corrected chi connectivity index (χ3v) is 3.81. The second-order valence-corrected chi connectivity index (χ2v) is 5.08. The molecule has 2 aromatic carbocycles. The molecule has 0 aliphatic carbocycles. The fraction of sp³-hybridized carbons (Fsp3) is 0.133. The van der Waals surface area contributed by atoms with Gasteiger partial charge in [0.05, 0.1) is 4.47 Å². The van der Waals surface area contributed by atoms with Crippen molar-refractivity contribution < 1.29 is 18.7 Å². The zero-order chi connectivity index (χ0) is 14.1. The van der Waals surface area contributed by atoms with Gasteiger partial charge in [0.1, 0.15) is 19.0 Å². The maximum atomic E-state index is 13.5. The number of ketones is 1. The van der Waals surface area contributed by atoms with E-state index in [-0.39, 0.29) is 15.8 Å². The Bertz CT molecular complexity index is 685. The van der Waals surface area contributed by atoms with E-state index in [9.17, 15) is 9.18 Å². The lowest BCUT2D eigenvalue weighted by molar-refractivity contribution is 0.103. The highest BCUT2D eigenvalue weighted by Gasteiger charge is 2.18. The van der Waals surface area contributed by atoms with E-state index in [2.05, 4.69) is 15.9 Å². The second kappa shape index (κ2) is 5.25. The van der Waals surface area contributed by atoms with Crippen molar-refractivity contribution in [3.63, 3.8) is 0 Å². The lowest BCUT2D eigenvalue weighted by Gasteiger charge is -2.18. The number of halogens is 2. The van der Waals surface area contributed by atoms with E-state index in [1.807, 2.05) is 0 Å². The number of hydrogen-bond donors (Lipinski definition) is 0. The predicted molar refractivity (Wildman–Crippen MR) is 75.0 cm³/mol. The third kappa shape index (κ3) is 2.29. The summed E-state index contributed by atoms with van der Waals surface area (Å²) < 4.78 is 24.5. The summed E-state index contributed by atoms with van der Waals surface area (Å²) in [5, 5.41) is 0. The van der Waals surface area contributed by atoms with Gasteiger partial charge in [0.25, 0.3) is 0 Å². The third-order valence-electron chi connectivity index (χ3n) is 3.00. The van der Waals surface area contributed by atoms with E-state index in [1.54, 1.807) is 24.3 Å². The van der Waals surface area contributed by atoms with Crippen LogP contribution in [0.4, 0.5) is 4.39 Å². The molecule has 0 fully saturated rings. The monoisotopic (exact) mass is 336 g/mol. The van der Waals surface area contributed by atoms with Gasteiger partial charge in [0.2, 0.25) is 0 Å². The molecule has 1 heterocycles. The smallest absolute Gasteiger partial charge is 0.194 e. The molecule has 20 heavy (non-hydrogen) atoms. The largest absolute Gasteiger partial charge is 0.486 e. The number of hydrogen-bond acceptors (Lipinski definition) is 3. The van der Waals surface area contributed by atoms with Gasteiger partial charge in [0.15, 0.2) is 17.3 Å². The van der Waals surface area contributed by atoms with Gasteiger partial charge in [-0.3, -0.25) is 4.79 Å². The number of ether oxygens (including phenoxy) is 2. The molecular formula is C15H10BrFO3. The van der Waals surface area contributed by atoms with Crippen LogP contribution in [0.5, 0.6) is 11.5 Å². The molecule has 5 heteroatoms. The van der Waals surface area contributed by atoms with Crippen molar-refractivity contribution in [1.29, 1.82) is 0 Å². The number of carbonyl (C=O) groups is 1. The van der Waals surface area contributed by atoms with Gasteiger partial charge in [-0.1, -0.05) is 6.07 Å². The van der Waals surface area contributed by atoms with Crippen LogP contribution in [0.1, 0.15) is 15.9 Å². The van der Waals surface area contributed by atoms with Crippen molar-refractivity contribution in [3.8, 4) is 11.5 Å². The number of fused-ring (bicyclic) bond motifs is 1. The van der Waals surface area contributed by atoms with Crippen LogP contribution in [0, 0.1) is 5.82 Å². The van der Waals surface area contributed by atoms with E-state index in [0.29, 0.717) is 30.3 Å². The molecule has 2 aromatic rings. The van der Waals surface area contributed by atoms with Crippen molar-refractivity contribution >= 4 is 21.7 Å². The molecular weight excluding hydrogens is 327 g/mol. The average Bonchev–Trinajstić information content (AvgIpc) is 2.49. The Morgan fingerprint density at radius 1 is 1.10 bits per heavy atom. The Labute approximate surface area is 123 Å². The zero-order valence-corrected chi connectivity index (χ0v) is 11.9. The first-order valence-corrected chi connectivity index (χ1v) is 6.84. The van der Waals surface area contributed by atoms with E-state index in [0.717, 1.165) is 0 Å². The predicted octanol–water partition coefficient (Wildman–Crippen LogP) is 3.59. The highest BCUT2D eigenvalue weighted by Crippen LogP contribution is 2.32. The van der Waals surface area contributed by atoms with Crippen LogP contribution in [0.15, 0.2) is 40.9 Å². The van der Waals surface area contributed by atoms with Gasteiger partial charge in [-0.25, -0.2) is 4.39 Å². The normalized spacial score (nSPS) is 13.1. The summed E-state index contributed by atoms with van der Waals surface area (Å²) in [6.07, 6.45) is 0. The molecule has 0 spiro atoms. The van der Waals surface area contributed by atoms with Crippen molar-refractivity contribution in [1.82, 2.24) is 0 Å². The van der Waals surface area contributed by atoms with Crippen LogP contribution in [-0.4, -0.2) is 19.0 Å². The molecule has 0 atom stereocenters. The Morgan fingerprint density at radius 2 is 1.85 bits per heavy atom. The summed E-state index contributed by atoms with van der Waals surface area (Å²) in [7, 11) is 0. The topological polar surface area (TPSA) is 35.5 Å². The summed E-state index contributed by atoms with van der Waals surface area (Å²) in [5.41, 5.74) is 0.710. The first-order chi connectivity index (χ1) is 9.66. The van der Waals surface area contributed by atoms with Crippen molar-refractivity contribution in [2.45, 2.75) is 0 Å². The van der Waals surface area contributed by atoms with Gasteiger partial charge in [-0.05, 0) is 46.3 Å². The van der Waals surface area contributed by atoms with E-state index >= 15 is 0 Å². The maximum Gasteiger partial charge on any atom is 0.194 e. The van der Waals surface area contributed by atoms with Crippen LogP contribution in [-0.2, 0) is 0 Å². The highest BCUT2D eigenvalue weighted by atomic mass is 79.9. The Kier molecular flexibility index (Phi) is 3.44. The van der Waals surface area contributed by atoms with Crippen LogP contribution < -0.4 is 9.47 Å². The fourth-order valence-corrected chi connectivity index (χ4v) is 2.46. The number of rotatable bonds is 2. The second-order valence-electron chi connectivity index (χ2n) is 4.29. The minimum Gasteiger partial charge on any atom is -0.486 e. The minimum atomic E-state index is -0.464. The Balaban J connectivity index is 2.00.